The zero-order valence-corrected chi connectivity index (χ0v) is 10.1. The van der Waals surface area contributed by atoms with Crippen molar-refractivity contribution >= 4 is 5.78 Å². The van der Waals surface area contributed by atoms with Crippen LogP contribution >= 0.6 is 0 Å². The molecule has 0 spiro atoms. The SMILES string of the molecule is CCn1ccnc1C(=O)c1c(F)c(F)c(F)c(F)c1F. The van der Waals surface area contributed by atoms with Gasteiger partial charge in [-0.3, -0.25) is 4.79 Å². The summed E-state index contributed by atoms with van der Waals surface area (Å²) in [5.41, 5.74) is -1.51. The van der Waals surface area contributed by atoms with Crippen molar-refractivity contribution in [1.82, 2.24) is 9.55 Å². The van der Waals surface area contributed by atoms with E-state index in [4.69, 9.17) is 0 Å². The van der Waals surface area contributed by atoms with Gasteiger partial charge < -0.3 is 4.57 Å². The molecular formula is C12H7F5N2O. The Morgan fingerprint density at radius 3 is 2.05 bits per heavy atom. The summed E-state index contributed by atoms with van der Waals surface area (Å²) in [6, 6.07) is 0. The smallest absolute Gasteiger partial charge is 0.234 e. The number of benzene rings is 1. The fraction of sp³-hybridized carbons (Fsp3) is 0.167. The first-order valence-corrected chi connectivity index (χ1v) is 5.47. The van der Waals surface area contributed by atoms with Crippen LogP contribution in [-0.4, -0.2) is 15.3 Å². The number of nitrogens with zero attached hydrogens (tertiary/aromatic N) is 2. The first-order chi connectivity index (χ1) is 9.40. The number of hydrogen-bond donors (Lipinski definition) is 0. The van der Waals surface area contributed by atoms with Gasteiger partial charge in [0.25, 0.3) is 0 Å². The highest BCUT2D eigenvalue weighted by Crippen LogP contribution is 2.24. The molecule has 0 aliphatic heterocycles. The van der Waals surface area contributed by atoms with Gasteiger partial charge in [-0.1, -0.05) is 0 Å². The molecule has 8 heteroatoms. The number of hydrogen-bond acceptors (Lipinski definition) is 2. The Morgan fingerprint density at radius 2 is 1.55 bits per heavy atom. The molecule has 0 aliphatic rings. The molecule has 0 radical (unpaired) electrons. The van der Waals surface area contributed by atoms with Crippen molar-refractivity contribution in [3.05, 3.63) is 52.9 Å². The van der Waals surface area contributed by atoms with Gasteiger partial charge in [0.15, 0.2) is 29.1 Å². The minimum absolute atomic E-state index is 0.246. The average molecular weight is 290 g/mol. The zero-order chi connectivity index (χ0) is 15.0. The minimum Gasteiger partial charge on any atom is -0.328 e. The highest BCUT2D eigenvalue weighted by Gasteiger charge is 2.31. The van der Waals surface area contributed by atoms with Crippen molar-refractivity contribution in [3.63, 3.8) is 0 Å². The number of halogens is 5. The first-order valence-electron chi connectivity index (χ1n) is 5.47. The molecule has 1 heterocycles. The van der Waals surface area contributed by atoms with Crippen LogP contribution in [0.3, 0.4) is 0 Å². The summed E-state index contributed by atoms with van der Waals surface area (Å²) < 4.78 is 67.2. The van der Waals surface area contributed by atoms with E-state index in [9.17, 15) is 26.7 Å². The predicted octanol–water partition coefficient (Wildman–Crippen LogP) is 2.83. The van der Waals surface area contributed by atoms with Crippen LogP contribution in [-0.2, 0) is 6.54 Å². The Kier molecular flexibility index (Phi) is 3.56. The molecule has 0 saturated carbocycles. The van der Waals surface area contributed by atoms with Crippen LogP contribution in [0.2, 0.25) is 0 Å². The van der Waals surface area contributed by atoms with Gasteiger partial charge in [-0.15, -0.1) is 0 Å². The molecule has 2 rings (SSSR count). The molecule has 0 amide bonds. The van der Waals surface area contributed by atoms with Crippen LogP contribution < -0.4 is 0 Å². The Balaban J connectivity index is 2.68. The third-order valence-electron chi connectivity index (χ3n) is 2.70. The maximum atomic E-state index is 13.5. The zero-order valence-electron chi connectivity index (χ0n) is 10.1. The summed E-state index contributed by atoms with van der Waals surface area (Å²) in [4.78, 5) is 15.5. The monoisotopic (exact) mass is 290 g/mol. The van der Waals surface area contributed by atoms with E-state index in [2.05, 4.69) is 4.98 Å². The third-order valence-corrected chi connectivity index (χ3v) is 2.70. The van der Waals surface area contributed by atoms with Crippen molar-refractivity contribution in [3.8, 4) is 0 Å². The van der Waals surface area contributed by atoms with Crippen molar-refractivity contribution in [2.45, 2.75) is 13.5 Å². The second-order valence-electron chi connectivity index (χ2n) is 3.81. The Morgan fingerprint density at radius 1 is 1.05 bits per heavy atom. The van der Waals surface area contributed by atoms with E-state index in [1.165, 1.54) is 17.0 Å². The molecule has 20 heavy (non-hydrogen) atoms. The van der Waals surface area contributed by atoms with Crippen LogP contribution in [0.4, 0.5) is 22.0 Å². The predicted molar refractivity (Wildman–Crippen MR) is 57.6 cm³/mol. The van der Waals surface area contributed by atoms with Crippen LogP contribution in [0.5, 0.6) is 0 Å². The Hall–Kier alpha value is -2.25. The van der Waals surface area contributed by atoms with Gasteiger partial charge in [0, 0.05) is 18.9 Å². The lowest BCUT2D eigenvalue weighted by atomic mass is 10.1. The van der Waals surface area contributed by atoms with Crippen LogP contribution in [0, 0.1) is 29.1 Å². The summed E-state index contributed by atoms with van der Waals surface area (Å²) in [6.45, 7) is 1.87. The fourth-order valence-electron chi connectivity index (χ4n) is 1.69. The summed E-state index contributed by atoms with van der Waals surface area (Å²) in [7, 11) is 0. The average Bonchev–Trinajstić information content (AvgIpc) is 2.91. The van der Waals surface area contributed by atoms with Crippen molar-refractivity contribution in [2.75, 3.05) is 0 Å². The van der Waals surface area contributed by atoms with E-state index < -0.39 is 46.3 Å². The quantitative estimate of drug-likeness (QED) is 0.377. The Labute approximate surface area is 109 Å². The molecule has 1 aromatic heterocycles. The van der Waals surface area contributed by atoms with Gasteiger partial charge in [0.1, 0.15) is 5.56 Å². The molecule has 106 valence electrons. The van der Waals surface area contributed by atoms with E-state index in [0.717, 1.165) is 0 Å². The Bertz CT molecular complexity index is 666. The molecule has 0 unspecified atom stereocenters. The van der Waals surface area contributed by atoms with E-state index in [1.54, 1.807) is 6.92 Å². The minimum atomic E-state index is -2.31. The summed E-state index contributed by atoms with van der Waals surface area (Å²) >= 11 is 0. The summed E-state index contributed by atoms with van der Waals surface area (Å²) in [5.74, 6) is -12.8. The number of aromatic nitrogens is 2. The molecule has 2 aromatic rings. The highest BCUT2D eigenvalue weighted by atomic mass is 19.2. The molecule has 0 atom stereocenters. The van der Waals surface area contributed by atoms with Gasteiger partial charge in [0.2, 0.25) is 11.6 Å². The molecular weight excluding hydrogens is 283 g/mol. The molecule has 0 bridgehead atoms. The summed E-state index contributed by atoms with van der Waals surface area (Å²) in [6.07, 6.45) is 2.53. The number of ketones is 1. The number of rotatable bonds is 3. The van der Waals surface area contributed by atoms with Gasteiger partial charge in [-0.25, -0.2) is 26.9 Å². The lowest BCUT2D eigenvalue weighted by Crippen LogP contribution is -2.17. The van der Waals surface area contributed by atoms with Crippen LogP contribution in [0.15, 0.2) is 12.4 Å². The number of carbonyl (C=O) groups excluding carboxylic acids is 1. The van der Waals surface area contributed by atoms with Gasteiger partial charge >= 0.3 is 0 Å². The maximum Gasteiger partial charge on any atom is 0.234 e. The molecule has 0 saturated heterocycles. The number of imidazole rings is 1. The molecule has 0 N–H and O–H groups in total. The maximum absolute atomic E-state index is 13.5. The molecule has 0 aliphatic carbocycles. The standard InChI is InChI=1S/C12H7F5N2O/c1-2-19-4-3-18-12(19)11(20)5-6(13)8(15)10(17)9(16)7(5)14/h3-4H,2H2,1H3. The lowest BCUT2D eigenvalue weighted by Gasteiger charge is -2.08. The van der Waals surface area contributed by atoms with E-state index >= 15 is 0 Å². The first kappa shape index (κ1) is 14.2. The molecule has 3 nitrogen and oxygen atoms in total. The van der Waals surface area contributed by atoms with Crippen LogP contribution in [0.1, 0.15) is 23.1 Å². The van der Waals surface area contributed by atoms with Crippen molar-refractivity contribution < 1.29 is 26.7 Å². The fourth-order valence-corrected chi connectivity index (χ4v) is 1.69. The van der Waals surface area contributed by atoms with Gasteiger partial charge in [-0.2, -0.15) is 0 Å². The van der Waals surface area contributed by atoms with Crippen molar-refractivity contribution in [1.29, 1.82) is 0 Å². The highest BCUT2D eigenvalue weighted by molar-refractivity contribution is 6.07. The van der Waals surface area contributed by atoms with Gasteiger partial charge in [-0.05, 0) is 6.92 Å². The molecule has 0 fully saturated rings. The summed E-state index contributed by atoms with van der Waals surface area (Å²) in [5, 5.41) is 0. The van der Waals surface area contributed by atoms with E-state index in [0.29, 0.717) is 0 Å². The lowest BCUT2D eigenvalue weighted by molar-refractivity contribution is 0.101. The molecule has 1 aromatic carbocycles. The largest absolute Gasteiger partial charge is 0.328 e. The van der Waals surface area contributed by atoms with Crippen molar-refractivity contribution in [2.24, 2.45) is 0 Å². The van der Waals surface area contributed by atoms with Crippen LogP contribution in [0.25, 0.3) is 0 Å². The van der Waals surface area contributed by atoms with E-state index in [-0.39, 0.29) is 6.54 Å². The number of carbonyl (C=O) groups is 1. The third kappa shape index (κ3) is 1.97. The van der Waals surface area contributed by atoms with Gasteiger partial charge in [0.05, 0.1) is 0 Å². The normalized spacial score (nSPS) is 10.9. The topological polar surface area (TPSA) is 34.9 Å². The second kappa shape index (κ2) is 5.03. The van der Waals surface area contributed by atoms with E-state index in [1.807, 2.05) is 0 Å². The number of aryl methyl sites for hydroxylation is 1. The second-order valence-corrected chi connectivity index (χ2v) is 3.81.